The molecule has 1 aromatic carbocycles. The molecule has 0 unspecified atom stereocenters. The first-order valence-electron chi connectivity index (χ1n) is 3.41. The predicted molar refractivity (Wildman–Crippen MR) is 47.7 cm³/mol. The summed E-state index contributed by atoms with van der Waals surface area (Å²) in [6.45, 7) is 0. The van der Waals surface area contributed by atoms with Gasteiger partial charge in [0.15, 0.2) is 17.2 Å². The van der Waals surface area contributed by atoms with Crippen LogP contribution in [0.5, 0.6) is 0 Å². The van der Waals surface area contributed by atoms with Crippen molar-refractivity contribution in [3.05, 3.63) is 37.9 Å². The molecule has 1 aromatic rings. The zero-order valence-electron chi connectivity index (χ0n) is 6.83. The molecule has 0 spiro atoms. The van der Waals surface area contributed by atoms with Gasteiger partial charge in [-0.3, -0.25) is 10.1 Å². The minimum absolute atomic E-state index is 0.503. The third kappa shape index (κ3) is 1.94. The predicted octanol–water partition coefficient (Wildman–Crippen LogP) is 2.33. The lowest BCUT2D eigenvalue weighted by molar-refractivity contribution is -0.385. The molecule has 0 aliphatic rings. The van der Waals surface area contributed by atoms with Gasteiger partial charge in [0.25, 0.3) is 5.69 Å². The quantitative estimate of drug-likeness (QED) is 0.513. The molecule has 0 amide bonds. The summed E-state index contributed by atoms with van der Waals surface area (Å²) >= 11 is 2.54. The third-order valence-corrected chi connectivity index (χ3v) is 2.13. The molecule has 1 N–H and O–H groups in total. The van der Waals surface area contributed by atoms with Gasteiger partial charge in [-0.1, -0.05) is 0 Å². The molecule has 5 nitrogen and oxygen atoms in total. The van der Waals surface area contributed by atoms with Gasteiger partial charge in [0.2, 0.25) is 0 Å². The number of nitro groups is 1. The summed E-state index contributed by atoms with van der Waals surface area (Å²) in [5.74, 6) is -5.13. The van der Waals surface area contributed by atoms with Crippen molar-refractivity contribution in [1.29, 1.82) is 0 Å². The molecular weight excluding hydrogens is 280 g/mol. The first kappa shape index (κ1) is 11.5. The van der Waals surface area contributed by atoms with Crippen molar-refractivity contribution < 1.29 is 23.6 Å². The van der Waals surface area contributed by atoms with Crippen LogP contribution < -0.4 is 0 Å². The maximum absolute atomic E-state index is 13.0. The zero-order chi connectivity index (χ0) is 11.7. The fraction of sp³-hybridized carbons (Fsp3) is 0. The Balaban J connectivity index is 3.65. The van der Waals surface area contributed by atoms with Crippen molar-refractivity contribution in [2.24, 2.45) is 0 Å². The average molecular weight is 282 g/mol. The van der Waals surface area contributed by atoms with E-state index in [9.17, 15) is 23.7 Å². The summed E-state index contributed by atoms with van der Waals surface area (Å²) in [5.41, 5.74) is -2.30. The fourth-order valence-corrected chi connectivity index (χ4v) is 1.32. The van der Waals surface area contributed by atoms with E-state index < -0.39 is 38.3 Å². The van der Waals surface area contributed by atoms with Gasteiger partial charge in [-0.05, 0) is 15.9 Å². The summed E-state index contributed by atoms with van der Waals surface area (Å²) in [6, 6.07) is 0.599. The number of nitro benzene ring substituents is 1. The van der Waals surface area contributed by atoms with E-state index in [1.165, 1.54) is 0 Å². The first-order valence-corrected chi connectivity index (χ1v) is 4.20. The van der Waals surface area contributed by atoms with Gasteiger partial charge < -0.3 is 5.11 Å². The van der Waals surface area contributed by atoms with Crippen LogP contribution in [0.1, 0.15) is 10.4 Å². The van der Waals surface area contributed by atoms with E-state index in [0.717, 1.165) is 0 Å². The normalized spacial score (nSPS) is 10.1. The van der Waals surface area contributed by atoms with Crippen molar-refractivity contribution >= 4 is 27.6 Å². The van der Waals surface area contributed by atoms with Crippen molar-refractivity contribution in [2.45, 2.75) is 0 Å². The topological polar surface area (TPSA) is 80.4 Å². The molecule has 0 atom stereocenters. The number of hydrogen-bond acceptors (Lipinski definition) is 3. The number of carboxylic acids is 1. The summed E-state index contributed by atoms with van der Waals surface area (Å²) in [4.78, 5) is 19.8. The Morgan fingerprint density at radius 2 is 2.00 bits per heavy atom. The maximum atomic E-state index is 13.0. The molecule has 8 heteroatoms. The van der Waals surface area contributed by atoms with E-state index in [2.05, 4.69) is 15.9 Å². The smallest absolute Gasteiger partial charge is 0.345 e. The van der Waals surface area contributed by atoms with E-state index in [4.69, 9.17) is 5.11 Å². The minimum Gasteiger partial charge on any atom is -0.477 e. The number of carbonyl (C=O) groups is 1. The molecule has 80 valence electrons. The van der Waals surface area contributed by atoms with E-state index in [1.807, 2.05) is 0 Å². The van der Waals surface area contributed by atoms with Crippen LogP contribution in [0.3, 0.4) is 0 Å². The van der Waals surface area contributed by atoms with Crippen LogP contribution in [0.15, 0.2) is 10.5 Å². The lowest BCUT2D eigenvalue weighted by Crippen LogP contribution is -2.08. The number of benzene rings is 1. The van der Waals surface area contributed by atoms with Gasteiger partial charge in [-0.15, -0.1) is 0 Å². The highest BCUT2D eigenvalue weighted by Gasteiger charge is 2.29. The highest BCUT2D eigenvalue weighted by Crippen LogP contribution is 2.29. The molecule has 15 heavy (non-hydrogen) atoms. The fourth-order valence-electron chi connectivity index (χ4n) is 0.930. The second-order valence-electron chi connectivity index (χ2n) is 2.44. The van der Waals surface area contributed by atoms with Crippen LogP contribution in [0.4, 0.5) is 14.5 Å². The van der Waals surface area contributed by atoms with E-state index in [1.54, 1.807) is 0 Å². The van der Waals surface area contributed by atoms with Gasteiger partial charge in [0.1, 0.15) is 0 Å². The monoisotopic (exact) mass is 281 g/mol. The van der Waals surface area contributed by atoms with Crippen molar-refractivity contribution in [3.63, 3.8) is 0 Å². The number of nitrogens with zero attached hydrogens (tertiary/aromatic N) is 1. The second-order valence-corrected chi connectivity index (χ2v) is 3.30. The average Bonchev–Trinajstić information content (AvgIpc) is 2.12. The van der Waals surface area contributed by atoms with Crippen molar-refractivity contribution in [3.8, 4) is 0 Å². The largest absolute Gasteiger partial charge is 0.477 e. The molecule has 1 rings (SSSR count). The Morgan fingerprint density at radius 1 is 1.47 bits per heavy atom. The Hall–Kier alpha value is -1.57. The molecular formula is C7H2BrF2NO4. The van der Waals surface area contributed by atoms with Crippen LogP contribution in [0, 0.1) is 21.7 Å². The first-order chi connectivity index (χ1) is 6.86. The number of carboxylic acid groups (broad SMARTS) is 1. The van der Waals surface area contributed by atoms with Crippen molar-refractivity contribution in [2.75, 3.05) is 0 Å². The molecule has 0 aliphatic heterocycles. The Kier molecular flexibility index (Phi) is 2.98. The van der Waals surface area contributed by atoms with E-state index in [0.29, 0.717) is 6.07 Å². The van der Waals surface area contributed by atoms with Crippen LogP contribution >= 0.6 is 15.9 Å². The van der Waals surface area contributed by atoms with E-state index in [-0.39, 0.29) is 0 Å². The molecule has 0 bridgehead atoms. The molecule has 0 fully saturated rings. The van der Waals surface area contributed by atoms with Gasteiger partial charge >= 0.3 is 5.97 Å². The maximum Gasteiger partial charge on any atom is 0.345 e. The number of aromatic carboxylic acids is 1. The third-order valence-electron chi connectivity index (χ3n) is 1.55. The standard InChI is InChI=1S/C7H2BrF2NO4/c8-2-1-3(11(14)15)4(7(12)13)6(10)5(2)9/h1H,(H,12,13). The molecule has 0 aromatic heterocycles. The minimum atomic E-state index is -1.90. The van der Waals surface area contributed by atoms with Gasteiger partial charge in [-0.2, -0.15) is 0 Å². The molecule has 0 saturated carbocycles. The van der Waals surface area contributed by atoms with Crippen molar-refractivity contribution in [1.82, 2.24) is 0 Å². The van der Waals surface area contributed by atoms with Crippen LogP contribution in [-0.4, -0.2) is 16.0 Å². The highest BCUT2D eigenvalue weighted by molar-refractivity contribution is 9.10. The Labute approximate surface area is 89.6 Å². The number of hydrogen-bond donors (Lipinski definition) is 1. The zero-order valence-corrected chi connectivity index (χ0v) is 8.42. The van der Waals surface area contributed by atoms with Crippen LogP contribution in [0.25, 0.3) is 0 Å². The van der Waals surface area contributed by atoms with Crippen LogP contribution in [0.2, 0.25) is 0 Å². The summed E-state index contributed by atoms with van der Waals surface area (Å²) in [7, 11) is 0. The number of rotatable bonds is 2. The Morgan fingerprint density at radius 3 is 2.40 bits per heavy atom. The summed E-state index contributed by atoms with van der Waals surface area (Å²) in [5, 5.41) is 18.9. The summed E-state index contributed by atoms with van der Waals surface area (Å²) in [6.07, 6.45) is 0. The van der Waals surface area contributed by atoms with Crippen LogP contribution in [-0.2, 0) is 0 Å². The molecule has 0 saturated heterocycles. The SMILES string of the molecule is O=C(O)c1c([N+](=O)[O-])cc(Br)c(F)c1F. The van der Waals surface area contributed by atoms with E-state index >= 15 is 0 Å². The van der Waals surface area contributed by atoms with Gasteiger partial charge in [0.05, 0.1) is 9.40 Å². The highest BCUT2D eigenvalue weighted by atomic mass is 79.9. The molecule has 0 heterocycles. The lowest BCUT2D eigenvalue weighted by Gasteiger charge is -2.02. The summed E-state index contributed by atoms with van der Waals surface area (Å²) < 4.78 is 25.4. The van der Waals surface area contributed by atoms with Gasteiger partial charge in [0, 0.05) is 6.07 Å². The lowest BCUT2D eigenvalue weighted by atomic mass is 10.1. The molecule has 0 radical (unpaired) electrons. The second kappa shape index (κ2) is 3.89. The van der Waals surface area contributed by atoms with Gasteiger partial charge in [-0.25, -0.2) is 13.6 Å². The molecule has 0 aliphatic carbocycles. The Bertz CT molecular complexity index is 463. The number of halogens is 3.